The maximum Gasteiger partial charge on any atom is 0.474 e. The molecule has 1 fully saturated rings. The minimum Gasteiger partial charge on any atom is -0.505 e. The second-order valence-electron chi connectivity index (χ2n) is 5.79. The Morgan fingerprint density at radius 1 is 1.30 bits per heavy atom. The molecule has 0 saturated carbocycles. The number of aliphatic hydroxyl groups is 4. The highest BCUT2D eigenvalue weighted by atomic mass is 31.2. The number of hydrogen-bond acceptors (Lipinski definition) is 11. The van der Waals surface area contributed by atoms with Gasteiger partial charge in [0.25, 0.3) is 0 Å². The molecule has 0 aliphatic carbocycles. The number of aromatic nitrogens is 1. The standard InChI is InChI=1S/C14H20NO11P/c1-6-10(18)8(3-16)7(2-15-6)5-24-27(22,23)26-14-13(21)12(20)11(19)9(4-17)25-14/h2-3,9,11-14,17-21H,4-5H2,1H3,(H,22,23)/t9-,11-,12+,13-,14+/m1/s1. The summed E-state index contributed by atoms with van der Waals surface area (Å²) in [7, 11) is -4.89. The van der Waals surface area contributed by atoms with Crippen LogP contribution in [0.5, 0.6) is 5.75 Å². The molecular formula is C14H20NO11P. The lowest BCUT2D eigenvalue weighted by molar-refractivity contribution is -0.281. The van der Waals surface area contributed by atoms with E-state index >= 15 is 0 Å². The van der Waals surface area contributed by atoms with Crippen molar-refractivity contribution >= 4 is 14.1 Å². The number of nitrogens with zero attached hydrogens (tertiary/aromatic N) is 1. The molecule has 1 aromatic rings. The van der Waals surface area contributed by atoms with E-state index in [1.165, 1.54) is 6.92 Å². The SMILES string of the molecule is Cc1ncc(COP(=O)(O)O[C@@H]2O[C@H](CO)[C@@H](O)[C@H](O)[C@H]2O)c(C=O)c1O. The Balaban J connectivity index is 2.08. The summed E-state index contributed by atoms with van der Waals surface area (Å²) in [6.45, 7) is 0.0463. The first-order valence-corrected chi connectivity index (χ1v) is 9.19. The Morgan fingerprint density at radius 3 is 2.56 bits per heavy atom. The van der Waals surface area contributed by atoms with Crippen LogP contribution in [0.3, 0.4) is 0 Å². The van der Waals surface area contributed by atoms with Crippen molar-refractivity contribution < 1.29 is 53.6 Å². The van der Waals surface area contributed by atoms with E-state index in [0.717, 1.165) is 6.20 Å². The van der Waals surface area contributed by atoms with Crippen LogP contribution in [0.2, 0.25) is 0 Å². The Bertz CT molecular complexity index is 727. The third-order valence-electron chi connectivity index (χ3n) is 3.94. The van der Waals surface area contributed by atoms with Gasteiger partial charge in [0.1, 0.15) is 30.2 Å². The molecule has 1 unspecified atom stereocenters. The summed E-state index contributed by atoms with van der Waals surface area (Å²) in [5.41, 5.74) is -0.0132. The lowest BCUT2D eigenvalue weighted by atomic mass is 10.00. The van der Waals surface area contributed by atoms with Crippen molar-refractivity contribution in [2.24, 2.45) is 0 Å². The third-order valence-corrected chi connectivity index (χ3v) is 4.87. The lowest BCUT2D eigenvalue weighted by Gasteiger charge is -2.39. The van der Waals surface area contributed by atoms with Crippen LogP contribution in [0.4, 0.5) is 0 Å². The monoisotopic (exact) mass is 409 g/mol. The highest BCUT2D eigenvalue weighted by Crippen LogP contribution is 2.47. The molecule has 13 heteroatoms. The van der Waals surface area contributed by atoms with Crippen LogP contribution < -0.4 is 0 Å². The number of pyridine rings is 1. The van der Waals surface area contributed by atoms with E-state index in [1.54, 1.807) is 0 Å². The minimum absolute atomic E-state index is 0.000206. The van der Waals surface area contributed by atoms with Gasteiger partial charge in [-0.15, -0.1) is 0 Å². The molecule has 0 amide bonds. The van der Waals surface area contributed by atoms with Gasteiger partial charge in [-0.1, -0.05) is 0 Å². The van der Waals surface area contributed by atoms with E-state index < -0.39 is 57.5 Å². The topological polar surface area (TPSA) is 196 Å². The third kappa shape index (κ3) is 4.88. The van der Waals surface area contributed by atoms with Crippen LogP contribution in [0.25, 0.3) is 0 Å². The predicted molar refractivity (Wildman–Crippen MR) is 85.5 cm³/mol. The minimum atomic E-state index is -4.89. The van der Waals surface area contributed by atoms with E-state index in [0.29, 0.717) is 6.29 Å². The maximum absolute atomic E-state index is 12.1. The summed E-state index contributed by atoms with van der Waals surface area (Å²) >= 11 is 0. The Hall–Kier alpha value is -1.47. The lowest BCUT2D eigenvalue weighted by Crippen LogP contribution is -2.58. The molecule has 6 N–H and O–H groups in total. The average molecular weight is 409 g/mol. The average Bonchev–Trinajstić information content (AvgIpc) is 2.63. The normalized spacial score (nSPS) is 30.7. The molecule has 1 aromatic heterocycles. The second-order valence-corrected chi connectivity index (χ2v) is 7.20. The van der Waals surface area contributed by atoms with Gasteiger partial charge in [-0.05, 0) is 6.92 Å². The smallest absolute Gasteiger partial charge is 0.474 e. The van der Waals surface area contributed by atoms with Gasteiger partial charge in [-0.25, -0.2) is 4.57 Å². The number of aldehydes is 1. The zero-order valence-electron chi connectivity index (χ0n) is 14.1. The maximum atomic E-state index is 12.1. The van der Waals surface area contributed by atoms with E-state index in [9.17, 15) is 34.7 Å². The van der Waals surface area contributed by atoms with Crippen molar-refractivity contribution in [3.63, 3.8) is 0 Å². The van der Waals surface area contributed by atoms with Crippen molar-refractivity contribution in [2.45, 2.75) is 44.2 Å². The van der Waals surface area contributed by atoms with Gasteiger partial charge >= 0.3 is 7.82 Å². The number of phosphoric acid groups is 1. The Morgan fingerprint density at radius 2 is 1.96 bits per heavy atom. The Kier molecular flexibility index (Phi) is 7.03. The fourth-order valence-electron chi connectivity index (χ4n) is 2.37. The van der Waals surface area contributed by atoms with Crippen molar-refractivity contribution in [3.8, 4) is 5.75 Å². The number of carbonyl (C=O) groups excluding carboxylic acids is 1. The van der Waals surface area contributed by atoms with Gasteiger partial charge in [-0.3, -0.25) is 18.8 Å². The van der Waals surface area contributed by atoms with Gasteiger partial charge < -0.3 is 35.2 Å². The second kappa shape index (κ2) is 8.69. The first kappa shape index (κ1) is 21.8. The molecule has 0 spiro atoms. The number of aliphatic hydroxyl groups excluding tert-OH is 4. The molecule has 1 aliphatic rings. The molecule has 0 bridgehead atoms. The summed E-state index contributed by atoms with van der Waals surface area (Å²) in [6, 6.07) is 0. The molecule has 0 aromatic carbocycles. The van der Waals surface area contributed by atoms with Gasteiger partial charge in [0.15, 0.2) is 12.6 Å². The molecular weight excluding hydrogens is 389 g/mol. The quantitative estimate of drug-likeness (QED) is 0.222. The molecule has 1 aliphatic heterocycles. The summed E-state index contributed by atoms with van der Waals surface area (Å²) in [5, 5.41) is 47.9. The van der Waals surface area contributed by atoms with Gasteiger partial charge in [0, 0.05) is 11.8 Å². The van der Waals surface area contributed by atoms with Crippen molar-refractivity contribution in [2.75, 3.05) is 6.61 Å². The number of ether oxygens (including phenoxy) is 1. The fourth-order valence-corrected chi connectivity index (χ4v) is 3.17. The summed E-state index contributed by atoms with van der Waals surface area (Å²) in [6.07, 6.45) is -7.11. The van der Waals surface area contributed by atoms with Gasteiger partial charge in [0.2, 0.25) is 0 Å². The van der Waals surface area contributed by atoms with Crippen LogP contribution in [-0.4, -0.2) is 79.0 Å². The van der Waals surface area contributed by atoms with Gasteiger partial charge in [-0.2, -0.15) is 0 Å². The van der Waals surface area contributed by atoms with Crippen molar-refractivity contribution in [3.05, 3.63) is 23.0 Å². The molecule has 1 saturated heterocycles. The molecule has 2 rings (SSSR count). The van der Waals surface area contributed by atoms with Crippen molar-refractivity contribution in [1.82, 2.24) is 4.98 Å². The zero-order valence-corrected chi connectivity index (χ0v) is 15.0. The molecule has 152 valence electrons. The number of phosphoric ester groups is 1. The van der Waals surface area contributed by atoms with Gasteiger partial charge in [0.05, 0.1) is 24.5 Å². The number of carbonyl (C=O) groups is 1. The van der Waals surface area contributed by atoms with Crippen LogP contribution in [0.15, 0.2) is 6.20 Å². The highest BCUT2D eigenvalue weighted by molar-refractivity contribution is 7.47. The first-order valence-electron chi connectivity index (χ1n) is 7.70. The summed E-state index contributed by atoms with van der Waals surface area (Å²) in [5.74, 6) is -0.409. The number of aromatic hydroxyl groups is 1. The molecule has 12 nitrogen and oxygen atoms in total. The summed E-state index contributed by atoms with van der Waals surface area (Å²) < 4.78 is 26.4. The molecule has 0 radical (unpaired) electrons. The van der Waals surface area contributed by atoms with Crippen LogP contribution in [0.1, 0.15) is 21.6 Å². The van der Waals surface area contributed by atoms with E-state index in [1.807, 2.05) is 0 Å². The fraction of sp³-hybridized carbons (Fsp3) is 0.571. The molecule has 2 heterocycles. The Labute approximate surface area is 153 Å². The van der Waals surface area contributed by atoms with Crippen molar-refractivity contribution in [1.29, 1.82) is 0 Å². The zero-order chi connectivity index (χ0) is 20.4. The molecule has 6 atom stereocenters. The highest BCUT2D eigenvalue weighted by Gasteiger charge is 2.46. The largest absolute Gasteiger partial charge is 0.505 e. The van der Waals surface area contributed by atoms with E-state index in [-0.39, 0.29) is 16.8 Å². The number of rotatable bonds is 7. The summed E-state index contributed by atoms with van der Waals surface area (Å²) in [4.78, 5) is 24.7. The van der Waals surface area contributed by atoms with E-state index in [4.69, 9.17) is 14.4 Å². The van der Waals surface area contributed by atoms with E-state index in [2.05, 4.69) is 9.51 Å². The number of aryl methyl sites for hydroxylation is 1. The van der Waals surface area contributed by atoms with Crippen LogP contribution in [0, 0.1) is 6.92 Å². The predicted octanol–water partition coefficient (Wildman–Crippen LogP) is -1.66. The molecule has 27 heavy (non-hydrogen) atoms. The van der Waals surface area contributed by atoms with Crippen LogP contribution >= 0.6 is 7.82 Å². The van der Waals surface area contributed by atoms with Crippen LogP contribution in [-0.2, 0) is 25.0 Å². The number of hydrogen-bond donors (Lipinski definition) is 6. The first-order chi connectivity index (χ1) is 12.6.